The highest BCUT2D eigenvalue weighted by molar-refractivity contribution is 7.99. The molecule has 12 heavy (non-hydrogen) atoms. The van der Waals surface area contributed by atoms with E-state index in [1.165, 1.54) is 0 Å². The van der Waals surface area contributed by atoms with Crippen LogP contribution in [0.5, 0.6) is 0 Å². The van der Waals surface area contributed by atoms with E-state index >= 15 is 0 Å². The van der Waals surface area contributed by atoms with Crippen LogP contribution in [0.25, 0.3) is 0 Å². The molecule has 0 aromatic carbocycles. The summed E-state index contributed by atoms with van der Waals surface area (Å²) in [5, 5.41) is 17.2. The van der Waals surface area contributed by atoms with Crippen LogP contribution >= 0.6 is 11.8 Å². The number of nitrogens with zero attached hydrogens (tertiary/aromatic N) is 1. The molecule has 1 fully saturated rings. The number of allylic oxidation sites excluding steroid dienone is 1. The normalized spacial score (nSPS) is 16.8. The van der Waals surface area contributed by atoms with Crippen LogP contribution in [0.2, 0.25) is 0 Å². The van der Waals surface area contributed by atoms with Crippen molar-refractivity contribution in [3.63, 3.8) is 0 Å². The highest BCUT2D eigenvalue weighted by Crippen LogP contribution is 2.24. The van der Waals surface area contributed by atoms with Crippen molar-refractivity contribution in [2.24, 2.45) is 0 Å². The number of carbonyl (C=O) groups is 1. The second-order valence-electron chi connectivity index (χ2n) is 2.51. The zero-order valence-corrected chi connectivity index (χ0v) is 7.36. The monoisotopic (exact) mass is 183 g/mol. The molecular formula is C8H9NO2S. The third kappa shape index (κ3) is 2.02. The van der Waals surface area contributed by atoms with Crippen LogP contribution in [0, 0.1) is 11.3 Å². The maximum absolute atomic E-state index is 10.5. The van der Waals surface area contributed by atoms with Crippen LogP contribution < -0.4 is 0 Å². The Morgan fingerprint density at radius 1 is 1.50 bits per heavy atom. The van der Waals surface area contributed by atoms with E-state index in [0.717, 1.165) is 29.9 Å². The minimum absolute atomic E-state index is 0.0460. The van der Waals surface area contributed by atoms with E-state index in [1.54, 1.807) is 17.8 Å². The Morgan fingerprint density at radius 2 is 2.08 bits per heavy atom. The van der Waals surface area contributed by atoms with Gasteiger partial charge in [0, 0.05) is 0 Å². The summed E-state index contributed by atoms with van der Waals surface area (Å²) in [6.45, 7) is 0. The number of thioether (sulfide) groups is 1. The van der Waals surface area contributed by atoms with Crippen LogP contribution in [0.15, 0.2) is 11.1 Å². The molecule has 0 aromatic heterocycles. The molecule has 0 bridgehead atoms. The van der Waals surface area contributed by atoms with Gasteiger partial charge in [-0.25, -0.2) is 4.79 Å². The van der Waals surface area contributed by atoms with Crippen LogP contribution in [-0.4, -0.2) is 22.6 Å². The average molecular weight is 183 g/mol. The Morgan fingerprint density at radius 3 is 2.50 bits per heavy atom. The summed E-state index contributed by atoms with van der Waals surface area (Å²) >= 11 is 1.80. The Balaban J connectivity index is 2.84. The molecule has 3 nitrogen and oxygen atoms in total. The smallest absolute Gasteiger partial charge is 0.346 e. The van der Waals surface area contributed by atoms with Gasteiger partial charge in [-0.05, 0) is 29.9 Å². The van der Waals surface area contributed by atoms with Gasteiger partial charge in [0.1, 0.15) is 11.6 Å². The molecule has 4 heteroatoms. The minimum atomic E-state index is -1.08. The van der Waals surface area contributed by atoms with Crippen molar-refractivity contribution in [3.05, 3.63) is 11.1 Å². The molecule has 0 unspecified atom stereocenters. The third-order valence-electron chi connectivity index (χ3n) is 1.78. The van der Waals surface area contributed by atoms with Gasteiger partial charge in [0.15, 0.2) is 0 Å². The number of hydrogen-bond acceptors (Lipinski definition) is 3. The van der Waals surface area contributed by atoms with E-state index in [0.29, 0.717) is 0 Å². The van der Waals surface area contributed by atoms with Crippen LogP contribution in [0.1, 0.15) is 12.8 Å². The van der Waals surface area contributed by atoms with E-state index in [-0.39, 0.29) is 5.57 Å². The second-order valence-corrected chi connectivity index (χ2v) is 3.73. The summed E-state index contributed by atoms with van der Waals surface area (Å²) in [7, 11) is 0. The van der Waals surface area contributed by atoms with Gasteiger partial charge in [-0.2, -0.15) is 17.0 Å². The SMILES string of the molecule is N#CC(C(=O)O)=C1CCSCC1. The predicted octanol–water partition coefficient (Wildman–Crippen LogP) is 1.42. The Hall–Kier alpha value is -0.950. The molecule has 1 heterocycles. The predicted molar refractivity (Wildman–Crippen MR) is 46.8 cm³/mol. The van der Waals surface area contributed by atoms with Crippen molar-refractivity contribution >= 4 is 17.7 Å². The molecule has 0 radical (unpaired) electrons. The number of carboxylic acid groups (broad SMARTS) is 1. The third-order valence-corrected chi connectivity index (χ3v) is 2.76. The van der Waals surface area contributed by atoms with Crippen molar-refractivity contribution < 1.29 is 9.90 Å². The molecule has 0 spiro atoms. The van der Waals surface area contributed by atoms with Gasteiger partial charge in [0.25, 0.3) is 0 Å². The quantitative estimate of drug-likeness (QED) is 0.493. The van der Waals surface area contributed by atoms with Gasteiger partial charge in [-0.15, -0.1) is 0 Å². The number of hydrogen-bond donors (Lipinski definition) is 1. The highest BCUT2D eigenvalue weighted by Gasteiger charge is 2.16. The van der Waals surface area contributed by atoms with Gasteiger partial charge in [-0.3, -0.25) is 0 Å². The maximum Gasteiger partial charge on any atom is 0.346 e. The lowest BCUT2D eigenvalue weighted by Crippen LogP contribution is -2.07. The fourth-order valence-corrected chi connectivity index (χ4v) is 2.13. The van der Waals surface area contributed by atoms with Crippen molar-refractivity contribution in [2.75, 3.05) is 11.5 Å². The summed E-state index contributed by atoms with van der Waals surface area (Å²) in [6.07, 6.45) is 1.50. The summed E-state index contributed by atoms with van der Waals surface area (Å²) in [4.78, 5) is 10.5. The summed E-state index contributed by atoms with van der Waals surface area (Å²) < 4.78 is 0. The Bertz CT molecular complexity index is 257. The van der Waals surface area contributed by atoms with E-state index in [1.807, 2.05) is 0 Å². The van der Waals surface area contributed by atoms with Crippen molar-refractivity contribution in [1.82, 2.24) is 0 Å². The first-order valence-corrected chi connectivity index (χ1v) is 4.84. The summed E-state index contributed by atoms with van der Waals surface area (Å²) in [5.41, 5.74) is 0.763. The van der Waals surface area contributed by atoms with E-state index < -0.39 is 5.97 Å². The zero-order valence-electron chi connectivity index (χ0n) is 6.54. The Kier molecular flexibility index (Phi) is 3.18. The first kappa shape index (κ1) is 9.14. The lowest BCUT2D eigenvalue weighted by atomic mass is 10.0. The van der Waals surface area contributed by atoms with Crippen LogP contribution in [-0.2, 0) is 4.79 Å². The zero-order chi connectivity index (χ0) is 8.97. The molecule has 1 saturated heterocycles. The Labute approximate surface area is 75.1 Å². The molecule has 0 saturated carbocycles. The van der Waals surface area contributed by atoms with E-state index in [2.05, 4.69) is 0 Å². The molecule has 1 aliphatic rings. The van der Waals surface area contributed by atoms with Gasteiger partial charge < -0.3 is 5.11 Å². The maximum atomic E-state index is 10.5. The van der Waals surface area contributed by atoms with Crippen molar-refractivity contribution in [2.45, 2.75) is 12.8 Å². The van der Waals surface area contributed by atoms with Crippen LogP contribution in [0.4, 0.5) is 0 Å². The molecule has 0 aliphatic carbocycles. The molecule has 0 atom stereocenters. The number of carboxylic acids is 1. The van der Waals surface area contributed by atoms with Crippen LogP contribution in [0.3, 0.4) is 0 Å². The lowest BCUT2D eigenvalue weighted by molar-refractivity contribution is -0.132. The van der Waals surface area contributed by atoms with Crippen molar-refractivity contribution in [3.8, 4) is 6.07 Å². The van der Waals surface area contributed by atoms with Gasteiger partial charge in [-0.1, -0.05) is 0 Å². The van der Waals surface area contributed by atoms with Gasteiger partial charge >= 0.3 is 5.97 Å². The molecule has 64 valence electrons. The van der Waals surface area contributed by atoms with Gasteiger partial charge in [0.05, 0.1) is 0 Å². The summed E-state index contributed by atoms with van der Waals surface area (Å²) in [5.74, 6) is 0.793. The topological polar surface area (TPSA) is 61.1 Å². The first-order valence-electron chi connectivity index (χ1n) is 3.69. The standard InChI is InChI=1S/C8H9NO2S/c9-5-7(8(10)11)6-1-3-12-4-2-6/h1-4H2,(H,10,11). The average Bonchev–Trinajstić information content (AvgIpc) is 2.07. The first-order chi connectivity index (χ1) is 5.75. The molecule has 1 N–H and O–H groups in total. The lowest BCUT2D eigenvalue weighted by Gasteiger charge is -2.13. The highest BCUT2D eigenvalue weighted by atomic mass is 32.2. The molecule has 0 aromatic rings. The molecule has 1 aliphatic heterocycles. The second kappa shape index (κ2) is 4.17. The van der Waals surface area contributed by atoms with Crippen molar-refractivity contribution in [1.29, 1.82) is 5.26 Å². The summed E-state index contributed by atoms with van der Waals surface area (Å²) in [6, 6.07) is 1.74. The van der Waals surface area contributed by atoms with Gasteiger partial charge in [0.2, 0.25) is 0 Å². The van der Waals surface area contributed by atoms with E-state index in [9.17, 15) is 4.79 Å². The molecule has 1 rings (SSSR count). The number of rotatable bonds is 1. The fraction of sp³-hybridized carbons (Fsp3) is 0.500. The fourth-order valence-electron chi connectivity index (χ4n) is 1.15. The van der Waals surface area contributed by atoms with E-state index in [4.69, 9.17) is 10.4 Å². The minimum Gasteiger partial charge on any atom is -0.477 e. The largest absolute Gasteiger partial charge is 0.477 e. The molecule has 0 amide bonds. The number of aliphatic carboxylic acids is 1. The molecular weight excluding hydrogens is 174 g/mol. The number of nitriles is 1.